The van der Waals surface area contributed by atoms with Crippen molar-refractivity contribution < 1.29 is 46.5 Å². The van der Waals surface area contributed by atoms with E-state index >= 15 is 0 Å². The van der Waals surface area contributed by atoms with Crippen LogP contribution in [-0.2, 0) is 33.3 Å². The number of benzene rings is 1. The summed E-state index contributed by atoms with van der Waals surface area (Å²) in [4.78, 5) is 40.6. The molecule has 0 saturated carbocycles. The summed E-state index contributed by atoms with van der Waals surface area (Å²) in [5.41, 5.74) is -1.38. The number of rotatable bonds is 8. The number of thioether (sulfide) groups is 1. The fourth-order valence-electron chi connectivity index (χ4n) is 4.26. The van der Waals surface area contributed by atoms with Crippen LogP contribution in [0.5, 0.6) is 0 Å². The highest BCUT2D eigenvalue weighted by atomic mass is 79.9. The van der Waals surface area contributed by atoms with E-state index in [0.717, 1.165) is 49.3 Å². The van der Waals surface area contributed by atoms with Crippen molar-refractivity contribution in [3.05, 3.63) is 58.2 Å². The van der Waals surface area contributed by atoms with Gasteiger partial charge in [-0.1, -0.05) is 17.0 Å². The van der Waals surface area contributed by atoms with Crippen LogP contribution in [0.3, 0.4) is 0 Å². The summed E-state index contributed by atoms with van der Waals surface area (Å²) in [5, 5.41) is 17.6. The van der Waals surface area contributed by atoms with Gasteiger partial charge in [0.2, 0.25) is 0 Å². The van der Waals surface area contributed by atoms with Crippen molar-refractivity contribution in [2.45, 2.75) is 55.5 Å². The summed E-state index contributed by atoms with van der Waals surface area (Å²) < 4.78 is 65.7. The van der Waals surface area contributed by atoms with Crippen molar-refractivity contribution in [2.75, 3.05) is 6.61 Å². The Balaban J connectivity index is 1.85. The predicted molar refractivity (Wildman–Crippen MR) is 143 cm³/mol. The van der Waals surface area contributed by atoms with Gasteiger partial charge in [0.1, 0.15) is 36.0 Å². The minimum absolute atomic E-state index is 0.0250. The summed E-state index contributed by atoms with van der Waals surface area (Å²) in [6.45, 7) is 2.99. The Kier molecular flexibility index (Phi) is 10.0. The lowest BCUT2D eigenvalue weighted by molar-refractivity contribution is -0.212. The molecule has 1 saturated heterocycles. The van der Waals surface area contributed by atoms with E-state index in [1.165, 1.54) is 12.4 Å². The highest BCUT2D eigenvalue weighted by Crippen LogP contribution is 2.42. The quantitative estimate of drug-likeness (QED) is 0.192. The molecule has 12 nitrogen and oxygen atoms in total. The molecule has 2 aromatic heterocycles. The molecule has 3 heterocycles. The van der Waals surface area contributed by atoms with Crippen LogP contribution in [0.1, 0.15) is 32.5 Å². The highest BCUT2D eigenvalue weighted by molar-refractivity contribution is 9.10. The average molecular weight is 684 g/mol. The van der Waals surface area contributed by atoms with Crippen LogP contribution in [0.25, 0.3) is 11.3 Å². The van der Waals surface area contributed by atoms with Gasteiger partial charge in [0.05, 0.1) is 6.20 Å². The second-order valence-electron chi connectivity index (χ2n) is 9.05. The minimum Gasteiger partial charge on any atom is -0.463 e. The zero-order valence-electron chi connectivity index (χ0n) is 22.5. The van der Waals surface area contributed by atoms with Crippen molar-refractivity contribution in [3.63, 3.8) is 0 Å². The Morgan fingerprint density at radius 2 is 1.72 bits per heavy atom. The molecule has 0 bridgehead atoms. The van der Waals surface area contributed by atoms with Gasteiger partial charge in [-0.3, -0.25) is 14.4 Å². The van der Waals surface area contributed by atoms with Crippen LogP contribution in [0.2, 0.25) is 0 Å². The predicted octanol–water partition coefficient (Wildman–Crippen LogP) is 3.88. The Morgan fingerprint density at radius 1 is 1.07 bits per heavy atom. The second-order valence-corrected chi connectivity index (χ2v) is 11.1. The van der Waals surface area contributed by atoms with Crippen LogP contribution in [0.15, 0.2) is 40.0 Å². The van der Waals surface area contributed by atoms with Crippen molar-refractivity contribution in [1.29, 1.82) is 5.26 Å². The maximum Gasteiger partial charge on any atom is 0.303 e. The van der Waals surface area contributed by atoms with Crippen molar-refractivity contribution in [3.8, 4) is 17.3 Å². The number of esters is 3. The van der Waals surface area contributed by atoms with Crippen LogP contribution >= 0.6 is 27.7 Å². The minimum atomic E-state index is -1.67. The fraction of sp³-hybridized carbons (Fsp3) is 0.346. The molecule has 43 heavy (non-hydrogen) atoms. The third-order valence-corrected chi connectivity index (χ3v) is 7.55. The SMILES string of the molecule is CC(=O)OCC1O[C@H](Sc2cc(Br)cnc2C#N)C(OC(C)=O)C(n2cc(-c3cc(F)c(F)c(F)c3)nn2)[C@H]1OC(C)=O. The number of hydrogen-bond donors (Lipinski definition) is 0. The molecule has 0 spiro atoms. The zero-order chi connectivity index (χ0) is 31.4. The van der Waals surface area contributed by atoms with E-state index in [-0.39, 0.29) is 17.0 Å². The lowest BCUT2D eigenvalue weighted by Crippen LogP contribution is -2.57. The third-order valence-electron chi connectivity index (χ3n) is 5.94. The van der Waals surface area contributed by atoms with E-state index in [0.29, 0.717) is 9.37 Å². The van der Waals surface area contributed by atoms with Gasteiger partial charge in [0.25, 0.3) is 0 Å². The first-order valence-electron chi connectivity index (χ1n) is 12.3. The maximum atomic E-state index is 14.0. The van der Waals surface area contributed by atoms with Gasteiger partial charge < -0.3 is 18.9 Å². The molecular weight excluding hydrogens is 663 g/mol. The Bertz CT molecular complexity index is 1580. The van der Waals surface area contributed by atoms with Crippen molar-refractivity contribution >= 4 is 45.6 Å². The van der Waals surface area contributed by atoms with Gasteiger partial charge in [0.15, 0.2) is 35.4 Å². The number of halogens is 4. The second kappa shape index (κ2) is 13.5. The molecule has 1 aliphatic rings. The molecule has 0 amide bonds. The van der Waals surface area contributed by atoms with E-state index in [9.17, 15) is 32.8 Å². The monoisotopic (exact) mass is 683 g/mol. The molecule has 1 aliphatic heterocycles. The molecule has 1 aromatic carbocycles. The first kappa shape index (κ1) is 31.9. The molecule has 5 atom stereocenters. The first-order chi connectivity index (χ1) is 20.4. The maximum absolute atomic E-state index is 14.0. The van der Waals surface area contributed by atoms with Crippen LogP contribution in [0.4, 0.5) is 13.2 Å². The number of carbonyl (C=O) groups excluding carboxylic acids is 3. The molecule has 226 valence electrons. The van der Waals surface area contributed by atoms with E-state index in [1.807, 2.05) is 6.07 Å². The van der Waals surface area contributed by atoms with Crippen molar-refractivity contribution in [1.82, 2.24) is 20.0 Å². The van der Waals surface area contributed by atoms with Crippen LogP contribution in [0, 0.1) is 28.8 Å². The average Bonchev–Trinajstić information content (AvgIpc) is 3.41. The molecule has 3 unspecified atom stereocenters. The zero-order valence-corrected chi connectivity index (χ0v) is 24.9. The summed E-state index contributed by atoms with van der Waals surface area (Å²) in [6, 6.07) is 3.76. The molecule has 0 N–H and O–H groups in total. The molecule has 4 rings (SSSR count). The molecular formula is C26H21BrF3N5O7S. The first-order valence-corrected chi connectivity index (χ1v) is 14.0. The molecule has 17 heteroatoms. The summed E-state index contributed by atoms with van der Waals surface area (Å²) in [6.07, 6.45) is -1.15. The Labute approximate surface area is 254 Å². The summed E-state index contributed by atoms with van der Waals surface area (Å²) in [7, 11) is 0. The van der Waals surface area contributed by atoms with E-state index in [4.69, 9.17) is 18.9 Å². The van der Waals surface area contributed by atoms with Gasteiger partial charge in [-0.15, -0.1) is 5.10 Å². The number of nitriles is 1. The molecule has 0 radical (unpaired) electrons. The van der Waals surface area contributed by atoms with E-state index < -0.39 is 71.8 Å². The molecule has 1 fully saturated rings. The summed E-state index contributed by atoms with van der Waals surface area (Å²) >= 11 is 4.25. The standard InChI is InChI=1S/C26H21BrF3N5O7S/c1-11(36)39-10-20-24(40-12(2)37)23(35-9-19(33-34-35)14-4-16(28)22(30)17(29)5-14)25(41-13(3)38)26(42-20)43-21-6-15(27)8-32-18(21)7-31/h4-6,8-9,20,23-26H,10H2,1-3H3/t20?,23?,24-,25?,26+/m0/s1. The topological polar surface area (TPSA) is 156 Å². The van der Waals surface area contributed by atoms with Gasteiger partial charge in [-0.2, -0.15) is 5.26 Å². The number of ether oxygens (including phenoxy) is 4. The van der Waals surface area contributed by atoms with E-state index in [2.05, 4.69) is 31.2 Å². The lowest BCUT2D eigenvalue weighted by Gasteiger charge is -2.44. The Hall–Kier alpha value is -4.01. The highest BCUT2D eigenvalue weighted by Gasteiger charge is 2.52. The third kappa shape index (κ3) is 7.50. The largest absolute Gasteiger partial charge is 0.463 e. The summed E-state index contributed by atoms with van der Waals surface area (Å²) in [5.74, 6) is -6.79. The van der Waals surface area contributed by atoms with Gasteiger partial charge >= 0.3 is 17.9 Å². The molecule has 3 aromatic rings. The number of aromatic nitrogens is 4. The fourth-order valence-corrected chi connectivity index (χ4v) is 5.94. The van der Waals surface area contributed by atoms with Crippen molar-refractivity contribution in [2.24, 2.45) is 0 Å². The van der Waals surface area contributed by atoms with Gasteiger partial charge in [0, 0.05) is 41.9 Å². The van der Waals surface area contributed by atoms with Gasteiger partial charge in [-0.05, 0) is 34.1 Å². The normalized spacial score (nSPS) is 21.5. The number of carbonyl (C=O) groups is 3. The van der Waals surface area contributed by atoms with Gasteiger partial charge in [-0.25, -0.2) is 22.8 Å². The Morgan fingerprint density at radius 3 is 2.33 bits per heavy atom. The number of hydrogen-bond acceptors (Lipinski definition) is 12. The molecule has 0 aliphatic carbocycles. The van der Waals surface area contributed by atoms with Crippen LogP contribution < -0.4 is 0 Å². The van der Waals surface area contributed by atoms with Crippen LogP contribution in [-0.4, -0.2) is 68.2 Å². The number of nitrogens with zero attached hydrogens (tertiary/aromatic N) is 5. The number of pyridine rings is 1. The smallest absolute Gasteiger partial charge is 0.303 e. The van der Waals surface area contributed by atoms with E-state index in [1.54, 1.807) is 6.07 Å². The lowest BCUT2D eigenvalue weighted by atomic mass is 9.96.